The maximum atomic E-state index is 14.4. The summed E-state index contributed by atoms with van der Waals surface area (Å²) in [4.78, 5) is 0. The molecule has 0 bridgehead atoms. The summed E-state index contributed by atoms with van der Waals surface area (Å²) in [6.07, 6.45) is 1.64. The van der Waals surface area contributed by atoms with Gasteiger partial charge in [0.15, 0.2) is 11.5 Å². The molecule has 1 N–H and O–H groups in total. The van der Waals surface area contributed by atoms with Crippen LogP contribution in [0.1, 0.15) is 29.9 Å². The molecule has 1 heterocycles. The monoisotopic (exact) mass is 293 g/mol. The third-order valence-corrected chi connectivity index (χ3v) is 3.31. The SMILES string of the molecule is CCNC(c1coc(C)c1)c1cc(OC)c(OC)cc1F. The number of halogens is 1. The Bertz CT molecular complexity index is 610. The number of methoxy groups -OCH3 is 2. The number of benzene rings is 1. The zero-order valence-corrected chi connectivity index (χ0v) is 12.7. The minimum Gasteiger partial charge on any atom is -0.493 e. The average molecular weight is 293 g/mol. The fourth-order valence-corrected chi connectivity index (χ4v) is 2.32. The molecule has 2 rings (SSSR count). The van der Waals surface area contributed by atoms with Gasteiger partial charge in [-0.2, -0.15) is 0 Å². The summed E-state index contributed by atoms with van der Waals surface area (Å²) >= 11 is 0. The van der Waals surface area contributed by atoms with Gasteiger partial charge in [-0.1, -0.05) is 6.92 Å². The largest absolute Gasteiger partial charge is 0.493 e. The minimum absolute atomic E-state index is 0.299. The Morgan fingerprint density at radius 2 is 1.86 bits per heavy atom. The Balaban J connectivity index is 2.49. The van der Waals surface area contributed by atoms with E-state index >= 15 is 0 Å². The first-order chi connectivity index (χ1) is 10.1. The van der Waals surface area contributed by atoms with E-state index < -0.39 is 0 Å². The number of rotatable bonds is 6. The van der Waals surface area contributed by atoms with Crippen molar-refractivity contribution >= 4 is 0 Å². The number of aryl methyl sites for hydroxylation is 1. The molecule has 0 saturated carbocycles. The summed E-state index contributed by atoms with van der Waals surface area (Å²) in [6, 6.07) is 4.59. The van der Waals surface area contributed by atoms with Gasteiger partial charge in [0.05, 0.1) is 26.5 Å². The molecule has 0 aliphatic heterocycles. The molecule has 4 nitrogen and oxygen atoms in total. The maximum absolute atomic E-state index is 14.4. The molecule has 114 valence electrons. The van der Waals surface area contributed by atoms with Crippen molar-refractivity contribution in [2.24, 2.45) is 0 Å². The van der Waals surface area contributed by atoms with Gasteiger partial charge < -0.3 is 19.2 Å². The van der Waals surface area contributed by atoms with Gasteiger partial charge in [-0.25, -0.2) is 4.39 Å². The maximum Gasteiger partial charge on any atom is 0.163 e. The third-order valence-electron chi connectivity index (χ3n) is 3.31. The quantitative estimate of drug-likeness (QED) is 0.886. The second-order valence-electron chi connectivity index (χ2n) is 4.71. The van der Waals surface area contributed by atoms with Crippen LogP contribution >= 0.6 is 0 Å². The first kappa shape index (κ1) is 15.4. The lowest BCUT2D eigenvalue weighted by Crippen LogP contribution is -2.22. The number of hydrogen-bond acceptors (Lipinski definition) is 4. The van der Waals surface area contributed by atoms with Gasteiger partial charge in [0.25, 0.3) is 0 Å². The van der Waals surface area contributed by atoms with Crippen LogP contribution in [0.2, 0.25) is 0 Å². The van der Waals surface area contributed by atoms with Gasteiger partial charge in [0, 0.05) is 17.2 Å². The Hall–Kier alpha value is -2.01. The van der Waals surface area contributed by atoms with Gasteiger partial charge in [-0.15, -0.1) is 0 Å². The molecule has 0 radical (unpaired) electrons. The fraction of sp³-hybridized carbons (Fsp3) is 0.375. The van der Waals surface area contributed by atoms with Crippen molar-refractivity contribution in [3.8, 4) is 11.5 Å². The van der Waals surface area contributed by atoms with E-state index in [-0.39, 0.29) is 11.9 Å². The van der Waals surface area contributed by atoms with Crippen LogP contribution in [0.15, 0.2) is 28.9 Å². The van der Waals surface area contributed by atoms with E-state index in [1.165, 1.54) is 20.3 Å². The third kappa shape index (κ3) is 3.19. The zero-order valence-electron chi connectivity index (χ0n) is 12.7. The predicted molar refractivity (Wildman–Crippen MR) is 78.5 cm³/mol. The summed E-state index contributed by atoms with van der Waals surface area (Å²) in [5.41, 5.74) is 1.37. The molecule has 1 aromatic heterocycles. The van der Waals surface area contributed by atoms with Gasteiger partial charge in [0.2, 0.25) is 0 Å². The van der Waals surface area contributed by atoms with E-state index in [1.54, 1.807) is 12.3 Å². The van der Waals surface area contributed by atoms with E-state index in [0.717, 1.165) is 11.3 Å². The molecule has 1 atom stereocenters. The molecule has 0 amide bonds. The molecule has 21 heavy (non-hydrogen) atoms. The van der Waals surface area contributed by atoms with Crippen molar-refractivity contribution in [1.82, 2.24) is 5.32 Å². The van der Waals surface area contributed by atoms with E-state index in [4.69, 9.17) is 13.9 Å². The molecular weight excluding hydrogens is 273 g/mol. The molecule has 5 heteroatoms. The van der Waals surface area contributed by atoms with E-state index in [1.807, 2.05) is 19.9 Å². The molecule has 2 aromatic rings. The lowest BCUT2D eigenvalue weighted by atomic mass is 9.99. The van der Waals surface area contributed by atoms with Crippen LogP contribution in [0.4, 0.5) is 4.39 Å². The molecule has 0 spiro atoms. The van der Waals surface area contributed by atoms with Crippen molar-refractivity contribution in [3.63, 3.8) is 0 Å². The van der Waals surface area contributed by atoms with Crippen LogP contribution < -0.4 is 14.8 Å². The van der Waals surface area contributed by atoms with Crippen molar-refractivity contribution in [2.45, 2.75) is 19.9 Å². The molecule has 1 unspecified atom stereocenters. The van der Waals surface area contributed by atoms with Crippen LogP contribution in [0.5, 0.6) is 11.5 Å². The molecule has 0 fully saturated rings. The van der Waals surface area contributed by atoms with Crippen LogP contribution in [-0.4, -0.2) is 20.8 Å². The predicted octanol–water partition coefficient (Wildman–Crippen LogP) is 3.44. The Morgan fingerprint density at radius 1 is 1.19 bits per heavy atom. The smallest absolute Gasteiger partial charge is 0.163 e. The Kier molecular flexibility index (Phi) is 4.85. The Morgan fingerprint density at radius 3 is 2.38 bits per heavy atom. The highest BCUT2D eigenvalue weighted by Crippen LogP contribution is 2.35. The Labute approximate surface area is 123 Å². The first-order valence-electron chi connectivity index (χ1n) is 6.80. The van der Waals surface area contributed by atoms with E-state index in [9.17, 15) is 4.39 Å². The van der Waals surface area contributed by atoms with E-state index in [2.05, 4.69) is 5.32 Å². The number of nitrogens with one attached hydrogen (secondary N) is 1. The van der Waals surface area contributed by atoms with Gasteiger partial charge in [-0.3, -0.25) is 0 Å². The van der Waals surface area contributed by atoms with Crippen molar-refractivity contribution < 1.29 is 18.3 Å². The minimum atomic E-state index is -0.350. The number of ether oxygens (including phenoxy) is 2. The van der Waals surface area contributed by atoms with Crippen LogP contribution in [0.25, 0.3) is 0 Å². The van der Waals surface area contributed by atoms with Crippen molar-refractivity contribution in [2.75, 3.05) is 20.8 Å². The summed E-state index contributed by atoms with van der Waals surface area (Å²) in [5, 5.41) is 3.26. The second kappa shape index (κ2) is 6.63. The normalized spacial score (nSPS) is 12.2. The van der Waals surface area contributed by atoms with Gasteiger partial charge in [0.1, 0.15) is 11.6 Å². The summed E-state index contributed by atoms with van der Waals surface area (Å²) in [6.45, 7) is 4.53. The van der Waals surface area contributed by atoms with Crippen molar-refractivity contribution in [1.29, 1.82) is 0 Å². The highest BCUT2D eigenvalue weighted by atomic mass is 19.1. The lowest BCUT2D eigenvalue weighted by molar-refractivity contribution is 0.350. The highest BCUT2D eigenvalue weighted by Gasteiger charge is 2.21. The molecule has 1 aromatic carbocycles. The summed E-state index contributed by atoms with van der Waals surface area (Å²) in [7, 11) is 3.02. The summed E-state index contributed by atoms with van der Waals surface area (Å²) in [5.74, 6) is 1.31. The molecular formula is C16H20FNO3. The standard InChI is InChI=1S/C16H20FNO3/c1-5-18-16(11-6-10(2)21-9-11)12-7-14(19-3)15(20-4)8-13(12)17/h6-9,16,18H,5H2,1-4H3. The highest BCUT2D eigenvalue weighted by molar-refractivity contribution is 5.46. The van der Waals surface area contributed by atoms with E-state index in [0.29, 0.717) is 23.6 Å². The second-order valence-corrected chi connectivity index (χ2v) is 4.71. The van der Waals surface area contributed by atoms with Crippen molar-refractivity contribution in [3.05, 3.63) is 47.2 Å². The molecule has 0 saturated heterocycles. The number of hydrogen-bond donors (Lipinski definition) is 1. The van der Waals surface area contributed by atoms with Gasteiger partial charge in [-0.05, 0) is 25.6 Å². The van der Waals surface area contributed by atoms with Crippen LogP contribution in [0, 0.1) is 12.7 Å². The average Bonchev–Trinajstić information content (AvgIpc) is 2.91. The fourth-order valence-electron chi connectivity index (χ4n) is 2.32. The lowest BCUT2D eigenvalue weighted by Gasteiger charge is -2.19. The van der Waals surface area contributed by atoms with Crippen LogP contribution in [0.3, 0.4) is 0 Å². The van der Waals surface area contributed by atoms with Crippen LogP contribution in [-0.2, 0) is 0 Å². The molecule has 0 aliphatic rings. The first-order valence-corrected chi connectivity index (χ1v) is 6.80. The molecule has 0 aliphatic carbocycles. The topological polar surface area (TPSA) is 43.6 Å². The zero-order chi connectivity index (χ0) is 15.4. The number of furan rings is 1. The summed E-state index contributed by atoms with van der Waals surface area (Å²) < 4.78 is 30.1. The van der Waals surface area contributed by atoms with Gasteiger partial charge >= 0.3 is 0 Å².